The molecular weight excluding hydrogens is 306 g/mol. The third-order valence-corrected chi connectivity index (χ3v) is 3.31. The number of hydrogen-bond donors (Lipinski definition) is 3. The predicted octanol–water partition coefficient (Wildman–Crippen LogP) is 2.64. The van der Waals surface area contributed by atoms with E-state index in [4.69, 9.17) is 10.5 Å². The standard InChI is InChI=1S/C18H21N3O3/c1-2-24-12-14-6-3-5-13(9-14)11-20-17(22)15-7-4-8-16(10-15)21-18(19)23/h3-10H,2,11-12H2,1H3,(H,20,22)(H3,19,21,23). The van der Waals surface area contributed by atoms with Gasteiger partial charge in [-0.1, -0.05) is 30.3 Å². The number of amides is 3. The third kappa shape index (κ3) is 5.40. The van der Waals surface area contributed by atoms with E-state index in [2.05, 4.69) is 10.6 Å². The quantitative estimate of drug-likeness (QED) is 0.730. The van der Waals surface area contributed by atoms with Gasteiger partial charge in [0.2, 0.25) is 0 Å². The summed E-state index contributed by atoms with van der Waals surface area (Å²) < 4.78 is 5.38. The zero-order valence-electron chi connectivity index (χ0n) is 13.5. The first-order valence-corrected chi connectivity index (χ1v) is 7.68. The lowest BCUT2D eigenvalue weighted by Gasteiger charge is -2.09. The SMILES string of the molecule is CCOCc1cccc(CNC(=O)c2cccc(NC(N)=O)c2)c1. The van der Waals surface area contributed by atoms with Crippen LogP contribution in [0.1, 0.15) is 28.4 Å². The van der Waals surface area contributed by atoms with Gasteiger partial charge in [0.25, 0.3) is 5.91 Å². The van der Waals surface area contributed by atoms with Crippen LogP contribution in [0.2, 0.25) is 0 Å². The fraction of sp³-hybridized carbons (Fsp3) is 0.222. The number of anilines is 1. The van der Waals surface area contributed by atoms with Crippen LogP contribution in [-0.2, 0) is 17.9 Å². The summed E-state index contributed by atoms with van der Waals surface area (Å²) in [7, 11) is 0. The van der Waals surface area contributed by atoms with E-state index in [1.54, 1.807) is 24.3 Å². The fourth-order valence-corrected chi connectivity index (χ4v) is 2.21. The maximum Gasteiger partial charge on any atom is 0.316 e. The maximum atomic E-state index is 12.2. The second-order valence-corrected chi connectivity index (χ2v) is 5.21. The van der Waals surface area contributed by atoms with Gasteiger partial charge < -0.3 is 21.1 Å². The smallest absolute Gasteiger partial charge is 0.316 e. The monoisotopic (exact) mass is 327 g/mol. The molecule has 0 saturated carbocycles. The molecule has 0 aromatic heterocycles. The highest BCUT2D eigenvalue weighted by atomic mass is 16.5. The third-order valence-electron chi connectivity index (χ3n) is 3.31. The first-order chi connectivity index (χ1) is 11.6. The van der Waals surface area contributed by atoms with Gasteiger partial charge in [-0.3, -0.25) is 4.79 Å². The Morgan fingerprint density at radius 2 is 1.83 bits per heavy atom. The van der Waals surface area contributed by atoms with Crippen molar-refractivity contribution in [3.05, 3.63) is 65.2 Å². The molecule has 2 rings (SSSR count). The van der Waals surface area contributed by atoms with E-state index >= 15 is 0 Å². The lowest BCUT2D eigenvalue weighted by atomic mass is 10.1. The molecule has 0 aliphatic rings. The minimum atomic E-state index is -0.668. The molecule has 0 aliphatic carbocycles. The highest BCUT2D eigenvalue weighted by Crippen LogP contribution is 2.11. The van der Waals surface area contributed by atoms with E-state index < -0.39 is 6.03 Å². The van der Waals surface area contributed by atoms with Crippen LogP contribution in [-0.4, -0.2) is 18.5 Å². The molecule has 4 N–H and O–H groups in total. The van der Waals surface area contributed by atoms with Crippen molar-refractivity contribution in [3.8, 4) is 0 Å². The molecular formula is C18H21N3O3. The van der Waals surface area contributed by atoms with Gasteiger partial charge in [-0.05, 0) is 36.2 Å². The Morgan fingerprint density at radius 1 is 1.08 bits per heavy atom. The van der Waals surface area contributed by atoms with Crippen LogP contribution in [0.4, 0.5) is 10.5 Å². The number of benzene rings is 2. The summed E-state index contributed by atoms with van der Waals surface area (Å²) in [6, 6.07) is 13.8. The molecule has 0 unspecified atom stereocenters. The molecule has 24 heavy (non-hydrogen) atoms. The Hall–Kier alpha value is -2.86. The molecule has 126 valence electrons. The van der Waals surface area contributed by atoms with Gasteiger partial charge >= 0.3 is 6.03 Å². The normalized spacial score (nSPS) is 10.2. The first-order valence-electron chi connectivity index (χ1n) is 7.68. The molecule has 0 heterocycles. The minimum absolute atomic E-state index is 0.224. The van der Waals surface area contributed by atoms with Crippen LogP contribution in [0.5, 0.6) is 0 Å². The predicted molar refractivity (Wildman–Crippen MR) is 92.6 cm³/mol. The Morgan fingerprint density at radius 3 is 2.58 bits per heavy atom. The summed E-state index contributed by atoms with van der Waals surface area (Å²) in [4.78, 5) is 23.1. The molecule has 6 heteroatoms. The number of carbonyl (C=O) groups is 2. The summed E-state index contributed by atoms with van der Waals surface area (Å²) >= 11 is 0. The Kier molecular flexibility index (Phi) is 6.33. The summed E-state index contributed by atoms with van der Waals surface area (Å²) in [5.74, 6) is -0.224. The second-order valence-electron chi connectivity index (χ2n) is 5.21. The Balaban J connectivity index is 1.96. The number of nitrogens with one attached hydrogen (secondary N) is 2. The maximum absolute atomic E-state index is 12.2. The van der Waals surface area contributed by atoms with Crippen molar-refractivity contribution in [2.45, 2.75) is 20.1 Å². The number of hydrogen-bond acceptors (Lipinski definition) is 3. The average Bonchev–Trinajstić information content (AvgIpc) is 2.58. The van der Waals surface area contributed by atoms with Gasteiger partial charge in [0.1, 0.15) is 0 Å². The van der Waals surface area contributed by atoms with E-state index in [1.807, 2.05) is 31.2 Å². The van der Waals surface area contributed by atoms with Crippen LogP contribution in [0.3, 0.4) is 0 Å². The number of nitrogens with two attached hydrogens (primary N) is 1. The highest BCUT2D eigenvalue weighted by molar-refractivity contribution is 5.96. The summed E-state index contributed by atoms with van der Waals surface area (Å²) in [6.07, 6.45) is 0. The van der Waals surface area contributed by atoms with Gasteiger partial charge in [-0.15, -0.1) is 0 Å². The highest BCUT2D eigenvalue weighted by Gasteiger charge is 2.07. The minimum Gasteiger partial charge on any atom is -0.377 e. The van der Waals surface area contributed by atoms with E-state index in [9.17, 15) is 9.59 Å². The van der Waals surface area contributed by atoms with Crippen molar-refractivity contribution in [2.75, 3.05) is 11.9 Å². The van der Waals surface area contributed by atoms with Crippen LogP contribution < -0.4 is 16.4 Å². The van der Waals surface area contributed by atoms with Crippen molar-refractivity contribution >= 4 is 17.6 Å². The fourth-order valence-electron chi connectivity index (χ4n) is 2.21. The molecule has 0 bridgehead atoms. The van der Waals surface area contributed by atoms with Crippen molar-refractivity contribution in [2.24, 2.45) is 5.73 Å². The molecule has 0 spiro atoms. The Bertz CT molecular complexity index is 716. The number of rotatable bonds is 7. The lowest BCUT2D eigenvalue weighted by molar-refractivity contribution is 0.0951. The van der Waals surface area contributed by atoms with Gasteiger partial charge in [-0.25, -0.2) is 4.79 Å². The lowest BCUT2D eigenvalue weighted by Crippen LogP contribution is -2.23. The summed E-state index contributed by atoms with van der Waals surface area (Å²) in [6.45, 7) is 3.58. The largest absolute Gasteiger partial charge is 0.377 e. The van der Waals surface area contributed by atoms with Crippen molar-refractivity contribution in [1.29, 1.82) is 0 Å². The molecule has 0 aliphatic heterocycles. The molecule has 2 aromatic rings. The van der Waals surface area contributed by atoms with E-state index in [0.717, 1.165) is 11.1 Å². The zero-order valence-corrected chi connectivity index (χ0v) is 13.5. The molecule has 0 saturated heterocycles. The van der Waals surface area contributed by atoms with Gasteiger partial charge in [-0.2, -0.15) is 0 Å². The molecule has 0 radical (unpaired) electrons. The van der Waals surface area contributed by atoms with Crippen LogP contribution in [0, 0.1) is 0 Å². The number of carbonyl (C=O) groups excluding carboxylic acids is 2. The number of ether oxygens (including phenoxy) is 1. The first kappa shape index (κ1) is 17.5. The average molecular weight is 327 g/mol. The van der Waals surface area contributed by atoms with E-state index in [1.165, 1.54) is 0 Å². The van der Waals surface area contributed by atoms with E-state index in [-0.39, 0.29) is 5.91 Å². The second kappa shape index (κ2) is 8.69. The van der Waals surface area contributed by atoms with Gasteiger partial charge in [0.15, 0.2) is 0 Å². The molecule has 2 aromatic carbocycles. The van der Waals surface area contributed by atoms with Gasteiger partial charge in [0.05, 0.1) is 6.61 Å². The van der Waals surface area contributed by atoms with E-state index in [0.29, 0.717) is 31.0 Å². The number of primary amides is 1. The number of urea groups is 1. The van der Waals surface area contributed by atoms with Crippen LogP contribution >= 0.6 is 0 Å². The molecule has 3 amide bonds. The molecule has 0 fully saturated rings. The van der Waals surface area contributed by atoms with Crippen molar-refractivity contribution in [1.82, 2.24) is 5.32 Å². The molecule has 0 atom stereocenters. The topological polar surface area (TPSA) is 93.4 Å². The van der Waals surface area contributed by atoms with Crippen molar-refractivity contribution in [3.63, 3.8) is 0 Å². The summed E-state index contributed by atoms with van der Waals surface area (Å²) in [5.41, 5.74) is 8.06. The zero-order chi connectivity index (χ0) is 17.4. The molecule has 6 nitrogen and oxygen atoms in total. The summed E-state index contributed by atoms with van der Waals surface area (Å²) in [5, 5.41) is 5.30. The Labute approximate surface area is 141 Å². The van der Waals surface area contributed by atoms with Crippen LogP contribution in [0.25, 0.3) is 0 Å². The van der Waals surface area contributed by atoms with Crippen molar-refractivity contribution < 1.29 is 14.3 Å². The van der Waals surface area contributed by atoms with Gasteiger partial charge in [0, 0.05) is 24.4 Å². The van der Waals surface area contributed by atoms with Crippen LogP contribution in [0.15, 0.2) is 48.5 Å².